The van der Waals surface area contributed by atoms with Gasteiger partial charge in [0.05, 0.1) is 6.26 Å². The molecule has 0 aromatic carbocycles. The largest absolute Gasteiger partial charge is 0.294 e. The number of allylic oxidation sites excluding steroid dienone is 8. The van der Waals surface area contributed by atoms with Crippen molar-refractivity contribution in [1.82, 2.24) is 4.72 Å². The summed E-state index contributed by atoms with van der Waals surface area (Å²) in [6.07, 6.45) is 14.6. The van der Waals surface area contributed by atoms with Crippen LogP contribution >= 0.6 is 0 Å². The van der Waals surface area contributed by atoms with Crippen LogP contribution in [0.1, 0.15) is 12.8 Å². The van der Waals surface area contributed by atoms with Crippen LogP contribution in [0.5, 0.6) is 0 Å². The lowest BCUT2D eigenvalue weighted by Gasteiger charge is -2.03. The van der Waals surface area contributed by atoms with Crippen molar-refractivity contribution in [1.29, 1.82) is 0 Å². The first-order chi connectivity index (χ1) is 8.49. The Balaban J connectivity index is 2.41. The van der Waals surface area contributed by atoms with Gasteiger partial charge in [-0.15, -0.1) is 0 Å². The summed E-state index contributed by atoms with van der Waals surface area (Å²) in [7, 11) is -3.17. The second-order valence-corrected chi connectivity index (χ2v) is 5.78. The van der Waals surface area contributed by atoms with Crippen molar-refractivity contribution in [3.63, 3.8) is 0 Å². The molecular formula is C13H17NO3S. The number of rotatable bonds is 6. The van der Waals surface area contributed by atoms with E-state index in [0.717, 1.165) is 6.26 Å². The molecule has 1 aliphatic carbocycles. The molecule has 0 aromatic heterocycles. The highest BCUT2D eigenvalue weighted by Crippen LogP contribution is 2.07. The molecule has 0 radical (unpaired) electrons. The lowest BCUT2D eigenvalue weighted by molar-refractivity contribution is -0.115. The Labute approximate surface area is 108 Å². The molecule has 0 heterocycles. The molecule has 0 unspecified atom stereocenters. The van der Waals surface area contributed by atoms with Crippen LogP contribution in [0.25, 0.3) is 0 Å². The van der Waals surface area contributed by atoms with Gasteiger partial charge in [0.25, 0.3) is 0 Å². The molecule has 0 fully saturated rings. The maximum Gasteiger partial charge on any atom is 0.208 e. The average Bonchev–Trinajstić information content (AvgIpc) is 2.22. The van der Waals surface area contributed by atoms with E-state index in [4.69, 9.17) is 0 Å². The molecule has 0 atom stereocenters. The number of carbonyl (C=O) groups excluding carboxylic acids is 1. The minimum atomic E-state index is -3.17. The maximum absolute atomic E-state index is 11.8. The average molecular weight is 267 g/mol. The number of hydrogen-bond acceptors (Lipinski definition) is 3. The topological polar surface area (TPSA) is 63.2 Å². The van der Waals surface area contributed by atoms with Crippen molar-refractivity contribution in [2.75, 3.05) is 12.8 Å². The van der Waals surface area contributed by atoms with Crippen molar-refractivity contribution in [3.05, 3.63) is 48.1 Å². The summed E-state index contributed by atoms with van der Waals surface area (Å²) >= 11 is 0. The monoisotopic (exact) mass is 267 g/mol. The Kier molecular flexibility index (Phi) is 5.74. The zero-order chi connectivity index (χ0) is 13.4. The molecule has 98 valence electrons. The highest BCUT2D eigenvalue weighted by atomic mass is 32.2. The number of sulfonamides is 1. The Morgan fingerprint density at radius 3 is 2.56 bits per heavy atom. The van der Waals surface area contributed by atoms with Crippen LogP contribution in [0, 0.1) is 0 Å². The van der Waals surface area contributed by atoms with Crippen LogP contribution in [0.2, 0.25) is 0 Å². The van der Waals surface area contributed by atoms with E-state index >= 15 is 0 Å². The molecule has 0 aromatic rings. The van der Waals surface area contributed by atoms with E-state index in [2.05, 4.69) is 4.72 Å². The number of Topliss-reactive ketones (excluding diaryl/α,β-unsaturated/α-hetero) is 1. The molecule has 4 nitrogen and oxygen atoms in total. The van der Waals surface area contributed by atoms with Gasteiger partial charge in [-0.2, -0.15) is 0 Å². The van der Waals surface area contributed by atoms with Crippen molar-refractivity contribution in [3.8, 4) is 0 Å². The second kappa shape index (κ2) is 7.08. The summed E-state index contributed by atoms with van der Waals surface area (Å²) in [4.78, 5) is 11.8. The van der Waals surface area contributed by atoms with Gasteiger partial charge in [0.15, 0.2) is 5.78 Å². The third-order valence-electron chi connectivity index (χ3n) is 2.26. The molecule has 1 N–H and O–H groups in total. The first-order valence-electron chi connectivity index (χ1n) is 5.68. The third kappa shape index (κ3) is 6.32. The first-order valence-corrected chi connectivity index (χ1v) is 7.58. The predicted molar refractivity (Wildman–Crippen MR) is 72.6 cm³/mol. The fraction of sp³-hybridized carbons (Fsp3) is 0.308. The number of hydrogen-bond donors (Lipinski definition) is 1. The molecule has 0 bridgehead atoms. The molecule has 0 spiro atoms. The summed E-state index contributed by atoms with van der Waals surface area (Å²) in [5.41, 5.74) is 0.634. The van der Waals surface area contributed by atoms with Crippen molar-refractivity contribution in [2.24, 2.45) is 0 Å². The summed E-state index contributed by atoms with van der Waals surface area (Å²) in [5, 5.41) is 0. The molecule has 0 amide bonds. The van der Waals surface area contributed by atoms with Crippen molar-refractivity contribution < 1.29 is 13.2 Å². The molecular weight excluding hydrogens is 250 g/mol. The molecule has 18 heavy (non-hydrogen) atoms. The van der Waals surface area contributed by atoms with E-state index in [9.17, 15) is 13.2 Å². The summed E-state index contributed by atoms with van der Waals surface area (Å²) in [6, 6.07) is 0. The van der Waals surface area contributed by atoms with Gasteiger partial charge in [0.2, 0.25) is 10.0 Å². The first kappa shape index (κ1) is 14.6. The van der Waals surface area contributed by atoms with Crippen LogP contribution in [-0.4, -0.2) is 27.0 Å². The van der Waals surface area contributed by atoms with Gasteiger partial charge >= 0.3 is 0 Å². The summed E-state index contributed by atoms with van der Waals surface area (Å²) in [6.45, 7) is 0.289. The van der Waals surface area contributed by atoms with Crippen LogP contribution in [0.3, 0.4) is 0 Å². The molecule has 0 saturated carbocycles. The Hall–Kier alpha value is -1.46. The van der Waals surface area contributed by atoms with Gasteiger partial charge in [-0.05, 0) is 6.42 Å². The fourth-order valence-corrected chi connectivity index (χ4v) is 1.92. The fourth-order valence-electron chi connectivity index (χ4n) is 1.40. The quantitative estimate of drug-likeness (QED) is 0.742. The molecule has 1 rings (SSSR count). The maximum atomic E-state index is 11.8. The van der Waals surface area contributed by atoms with Gasteiger partial charge in [-0.25, -0.2) is 13.1 Å². The summed E-state index contributed by atoms with van der Waals surface area (Å²) in [5.74, 6) is 0.0153. The number of carbonyl (C=O) groups is 1. The zero-order valence-electron chi connectivity index (χ0n) is 10.3. The normalized spacial score (nSPS) is 18.6. The van der Waals surface area contributed by atoms with Crippen LogP contribution in [-0.2, 0) is 14.8 Å². The van der Waals surface area contributed by atoms with Crippen LogP contribution in [0.4, 0.5) is 0 Å². The smallest absolute Gasteiger partial charge is 0.208 e. The van der Waals surface area contributed by atoms with Crippen LogP contribution < -0.4 is 4.72 Å². The molecule has 0 aliphatic heterocycles. The zero-order valence-corrected chi connectivity index (χ0v) is 11.1. The molecule has 5 heteroatoms. The highest BCUT2D eigenvalue weighted by molar-refractivity contribution is 7.88. The number of ketones is 1. The van der Waals surface area contributed by atoms with E-state index in [1.54, 1.807) is 12.2 Å². The van der Waals surface area contributed by atoms with Gasteiger partial charge in [0, 0.05) is 18.5 Å². The minimum Gasteiger partial charge on any atom is -0.294 e. The molecule has 0 saturated heterocycles. The number of nitrogens with one attached hydrogen (secondary N) is 1. The van der Waals surface area contributed by atoms with Crippen molar-refractivity contribution >= 4 is 15.8 Å². The van der Waals surface area contributed by atoms with E-state index in [0.29, 0.717) is 18.4 Å². The Bertz CT molecular complexity index is 510. The highest BCUT2D eigenvalue weighted by Gasteiger charge is 2.06. The van der Waals surface area contributed by atoms with Crippen molar-refractivity contribution in [2.45, 2.75) is 12.8 Å². The van der Waals surface area contributed by atoms with E-state index in [1.807, 2.05) is 30.4 Å². The predicted octanol–water partition coefficient (Wildman–Crippen LogP) is 1.49. The standard InChI is InChI=1S/C13H17NO3S/c1-18(16,17)14-11-7-10-13(15)12-8-5-3-2-4-6-9-12/h2-6,8-9,14H,7,10-11H2,1H3/b3-2-,4-2?,5-3?,6-4-,8-5?,9-6?,12-8?,12-9?. The Morgan fingerprint density at radius 2 is 1.83 bits per heavy atom. The Morgan fingerprint density at radius 1 is 1.17 bits per heavy atom. The minimum absolute atomic E-state index is 0.0153. The summed E-state index contributed by atoms with van der Waals surface area (Å²) < 4.78 is 24.0. The van der Waals surface area contributed by atoms with Gasteiger partial charge in [0.1, 0.15) is 0 Å². The van der Waals surface area contributed by atoms with Gasteiger partial charge in [-0.3, -0.25) is 4.79 Å². The third-order valence-corrected chi connectivity index (χ3v) is 2.99. The van der Waals surface area contributed by atoms with Crippen LogP contribution in [0.15, 0.2) is 48.1 Å². The molecule has 1 aliphatic rings. The second-order valence-electron chi connectivity index (χ2n) is 3.94. The lowest BCUT2D eigenvalue weighted by Crippen LogP contribution is -2.23. The van der Waals surface area contributed by atoms with Gasteiger partial charge in [-0.1, -0.05) is 42.5 Å². The van der Waals surface area contributed by atoms with E-state index in [-0.39, 0.29) is 12.3 Å². The lowest BCUT2D eigenvalue weighted by atomic mass is 10.0. The van der Waals surface area contributed by atoms with Gasteiger partial charge < -0.3 is 0 Å². The van der Waals surface area contributed by atoms with E-state index in [1.165, 1.54) is 0 Å². The van der Waals surface area contributed by atoms with E-state index < -0.39 is 10.0 Å². The SMILES string of the molecule is CS(=O)(=O)NCCCC(=O)C1=C/C=C\C=C/C=C1.